The monoisotopic (exact) mass is 231 g/mol. The third-order valence-electron chi connectivity index (χ3n) is 3.96. The van der Waals surface area contributed by atoms with Crippen molar-refractivity contribution in [3.8, 4) is 0 Å². The molecule has 1 aromatic carbocycles. The molecule has 0 N–H and O–H groups in total. The second-order valence-electron chi connectivity index (χ2n) is 5.07. The van der Waals surface area contributed by atoms with E-state index in [1.807, 2.05) is 23.1 Å². The topological polar surface area (TPSA) is 20.3 Å². The predicted molar refractivity (Wildman–Crippen MR) is 69.5 cm³/mol. The lowest BCUT2D eigenvalue weighted by atomic mass is 9.95. The Morgan fingerprint density at radius 3 is 2.53 bits per heavy atom. The Morgan fingerprint density at radius 1 is 1.35 bits per heavy atom. The van der Waals surface area contributed by atoms with Crippen LogP contribution in [0.1, 0.15) is 38.8 Å². The first-order chi connectivity index (χ1) is 8.15. The summed E-state index contributed by atoms with van der Waals surface area (Å²) in [6, 6.07) is 10.5. The summed E-state index contributed by atoms with van der Waals surface area (Å²) >= 11 is 0. The number of hydrogen-bond acceptors (Lipinski definition) is 1. The Bertz CT molecular complexity index is 387. The van der Waals surface area contributed by atoms with Gasteiger partial charge in [-0.25, -0.2) is 0 Å². The van der Waals surface area contributed by atoms with Crippen LogP contribution in [-0.4, -0.2) is 17.4 Å². The van der Waals surface area contributed by atoms with E-state index < -0.39 is 0 Å². The molecule has 0 aliphatic carbocycles. The standard InChI is InChI=1S/C15H21NO/c1-4-14-11(2)10-16(15(14)17)12(3)13-8-6-5-7-9-13/h5-9,11-12,14H,4,10H2,1-3H3/t11?,12-,14?/m1/s1. The average Bonchev–Trinajstić information content (AvgIpc) is 2.64. The molecular weight excluding hydrogens is 210 g/mol. The minimum absolute atomic E-state index is 0.197. The van der Waals surface area contributed by atoms with Crippen LogP contribution in [0.5, 0.6) is 0 Å². The van der Waals surface area contributed by atoms with Gasteiger partial charge in [-0.2, -0.15) is 0 Å². The number of benzene rings is 1. The molecule has 1 aliphatic heterocycles. The van der Waals surface area contributed by atoms with Gasteiger partial charge in [-0.05, 0) is 24.8 Å². The molecule has 17 heavy (non-hydrogen) atoms. The van der Waals surface area contributed by atoms with Crippen LogP contribution in [-0.2, 0) is 4.79 Å². The molecule has 2 heteroatoms. The maximum Gasteiger partial charge on any atom is 0.226 e. The molecule has 1 amide bonds. The molecule has 1 heterocycles. The number of rotatable bonds is 3. The summed E-state index contributed by atoms with van der Waals surface area (Å²) in [6.07, 6.45) is 0.956. The van der Waals surface area contributed by atoms with Crippen molar-refractivity contribution in [2.75, 3.05) is 6.54 Å². The van der Waals surface area contributed by atoms with Crippen LogP contribution < -0.4 is 0 Å². The molecule has 2 unspecified atom stereocenters. The summed E-state index contributed by atoms with van der Waals surface area (Å²) in [5.74, 6) is 1.04. The molecule has 1 aliphatic rings. The SMILES string of the molecule is CCC1C(=O)N([C@H](C)c2ccccc2)CC1C. The first kappa shape index (κ1) is 12.2. The molecule has 0 spiro atoms. The van der Waals surface area contributed by atoms with Gasteiger partial charge in [-0.1, -0.05) is 44.2 Å². The summed E-state index contributed by atoms with van der Waals surface area (Å²) in [5.41, 5.74) is 1.23. The lowest BCUT2D eigenvalue weighted by molar-refractivity contribution is -0.133. The van der Waals surface area contributed by atoms with Crippen LogP contribution >= 0.6 is 0 Å². The molecule has 2 rings (SSSR count). The highest BCUT2D eigenvalue weighted by Gasteiger charge is 2.38. The molecular formula is C15H21NO. The quantitative estimate of drug-likeness (QED) is 0.782. The first-order valence-electron chi connectivity index (χ1n) is 6.50. The molecule has 1 saturated heterocycles. The minimum Gasteiger partial charge on any atom is -0.335 e. The lowest BCUT2D eigenvalue weighted by Crippen LogP contribution is -2.30. The van der Waals surface area contributed by atoms with E-state index in [0.29, 0.717) is 11.8 Å². The maximum atomic E-state index is 12.3. The van der Waals surface area contributed by atoms with Gasteiger partial charge in [0.2, 0.25) is 5.91 Å². The predicted octanol–water partition coefficient (Wildman–Crippen LogP) is 3.25. The van der Waals surface area contributed by atoms with Crippen molar-refractivity contribution in [3.63, 3.8) is 0 Å². The third kappa shape index (κ3) is 2.21. The van der Waals surface area contributed by atoms with Crippen molar-refractivity contribution in [2.24, 2.45) is 11.8 Å². The van der Waals surface area contributed by atoms with Crippen molar-refractivity contribution in [3.05, 3.63) is 35.9 Å². The normalized spacial score (nSPS) is 26.3. The van der Waals surface area contributed by atoms with E-state index in [9.17, 15) is 4.79 Å². The van der Waals surface area contributed by atoms with E-state index in [0.717, 1.165) is 13.0 Å². The van der Waals surface area contributed by atoms with Crippen LogP contribution in [0, 0.1) is 11.8 Å². The third-order valence-corrected chi connectivity index (χ3v) is 3.96. The van der Waals surface area contributed by atoms with Crippen LogP contribution in [0.15, 0.2) is 30.3 Å². The zero-order valence-corrected chi connectivity index (χ0v) is 10.9. The first-order valence-corrected chi connectivity index (χ1v) is 6.50. The van der Waals surface area contributed by atoms with E-state index in [1.165, 1.54) is 5.56 Å². The number of amides is 1. The number of nitrogens with zero attached hydrogens (tertiary/aromatic N) is 1. The molecule has 0 radical (unpaired) electrons. The zero-order valence-electron chi connectivity index (χ0n) is 10.9. The van der Waals surface area contributed by atoms with E-state index in [-0.39, 0.29) is 12.0 Å². The summed E-state index contributed by atoms with van der Waals surface area (Å²) in [5, 5.41) is 0. The van der Waals surface area contributed by atoms with Crippen molar-refractivity contribution in [1.29, 1.82) is 0 Å². The fourth-order valence-corrected chi connectivity index (χ4v) is 2.82. The highest BCUT2D eigenvalue weighted by molar-refractivity contribution is 5.81. The van der Waals surface area contributed by atoms with E-state index >= 15 is 0 Å². The van der Waals surface area contributed by atoms with Gasteiger partial charge in [-0.3, -0.25) is 4.79 Å². The van der Waals surface area contributed by atoms with Crippen LogP contribution in [0.3, 0.4) is 0 Å². The molecule has 0 aromatic heterocycles. The fraction of sp³-hybridized carbons (Fsp3) is 0.533. The van der Waals surface area contributed by atoms with E-state index in [4.69, 9.17) is 0 Å². The molecule has 0 bridgehead atoms. The smallest absolute Gasteiger partial charge is 0.226 e. The van der Waals surface area contributed by atoms with Crippen molar-refractivity contribution >= 4 is 5.91 Å². The lowest BCUT2D eigenvalue weighted by Gasteiger charge is -2.25. The Kier molecular flexibility index (Phi) is 3.51. The van der Waals surface area contributed by atoms with Crippen LogP contribution in [0.4, 0.5) is 0 Å². The number of carbonyl (C=O) groups is 1. The van der Waals surface area contributed by atoms with Gasteiger partial charge in [-0.15, -0.1) is 0 Å². The maximum absolute atomic E-state index is 12.3. The highest BCUT2D eigenvalue weighted by atomic mass is 16.2. The van der Waals surface area contributed by atoms with Gasteiger partial charge in [0, 0.05) is 12.5 Å². The van der Waals surface area contributed by atoms with E-state index in [1.54, 1.807) is 0 Å². The minimum atomic E-state index is 0.197. The van der Waals surface area contributed by atoms with E-state index in [2.05, 4.69) is 32.9 Å². The van der Waals surface area contributed by atoms with Crippen molar-refractivity contribution < 1.29 is 4.79 Å². The Labute approximate surface area is 104 Å². The van der Waals surface area contributed by atoms with Crippen molar-refractivity contribution in [1.82, 2.24) is 4.90 Å². The molecule has 1 fully saturated rings. The Balaban J connectivity index is 2.17. The van der Waals surface area contributed by atoms with Gasteiger partial charge in [0.05, 0.1) is 6.04 Å². The Morgan fingerprint density at radius 2 is 2.00 bits per heavy atom. The number of carbonyl (C=O) groups excluding carboxylic acids is 1. The fourth-order valence-electron chi connectivity index (χ4n) is 2.82. The second-order valence-corrected chi connectivity index (χ2v) is 5.07. The summed E-state index contributed by atoms with van der Waals surface area (Å²) < 4.78 is 0. The van der Waals surface area contributed by atoms with Crippen LogP contribution in [0.25, 0.3) is 0 Å². The molecule has 92 valence electrons. The second kappa shape index (κ2) is 4.91. The van der Waals surface area contributed by atoms with Gasteiger partial charge < -0.3 is 4.90 Å². The van der Waals surface area contributed by atoms with Gasteiger partial charge in [0.15, 0.2) is 0 Å². The molecule has 3 atom stereocenters. The molecule has 2 nitrogen and oxygen atoms in total. The van der Waals surface area contributed by atoms with Gasteiger partial charge in [0.25, 0.3) is 0 Å². The van der Waals surface area contributed by atoms with Gasteiger partial charge in [0.1, 0.15) is 0 Å². The van der Waals surface area contributed by atoms with Gasteiger partial charge >= 0.3 is 0 Å². The number of hydrogen-bond donors (Lipinski definition) is 0. The largest absolute Gasteiger partial charge is 0.335 e. The summed E-state index contributed by atoms with van der Waals surface area (Å²) in [7, 11) is 0. The highest BCUT2D eigenvalue weighted by Crippen LogP contribution is 2.33. The number of likely N-dealkylation sites (tertiary alicyclic amines) is 1. The Hall–Kier alpha value is -1.31. The molecule has 0 saturated carbocycles. The van der Waals surface area contributed by atoms with Crippen molar-refractivity contribution in [2.45, 2.75) is 33.2 Å². The zero-order chi connectivity index (χ0) is 12.4. The average molecular weight is 231 g/mol. The van der Waals surface area contributed by atoms with Crippen LogP contribution in [0.2, 0.25) is 0 Å². The molecule has 1 aromatic rings. The summed E-state index contributed by atoms with van der Waals surface area (Å²) in [4.78, 5) is 14.3. The summed E-state index contributed by atoms with van der Waals surface area (Å²) in [6.45, 7) is 7.31.